The van der Waals surface area contributed by atoms with Crippen molar-refractivity contribution in [2.24, 2.45) is 34.6 Å². The summed E-state index contributed by atoms with van der Waals surface area (Å²) in [7, 11) is 0. The monoisotopic (exact) mass is 409 g/mol. The van der Waals surface area contributed by atoms with Crippen LogP contribution in [0.2, 0.25) is 0 Å². The smallest absolute Gasteiger partial charge is 0.0739 e. The van der Waals surface area contributed by atoms with E-state index in [0.717, 1.165) is 41.2 Å². The maximum atomic E-state index is 4.70. The first-order valence-electron chi connectivity index (χ1n) is 12.4. The van der Waals surface area contributed by atoms with Gasteiger partial charge < -0.3 is 0 Å². The molecule has 158 valence electrons. The van der Waals surface area contributed by atoms with Crippen molar-refractivity contribution in [3.63, 3.8) is 0 Å². The van der Waals surface area contributed by atoms with Gasteiger partial charge in [0, 0.05) is 0 Å². The molecule has 0 unspecified atom stereocenters. The zero-order valence-electron chi connectivity index (χ0n) is 18.3. The molecule has 1 nitrogen and oxygen atoms in total. The molecule has 0 amide bonds. The lowest BCUT2D eigenvalue weighted by Gasteiger charge is -2.41. The normalized spacial score (nSPS) is 35.6. The van der Waals surface area contributed by atoms with Crippen molar-refractivity contribution in [2.75, 3.05) is 0 Å². The molecule has 4 rings (SSSR count). The van der Waals surface area contributed by atoms with Crippen LogP contribution in [-0.4, -0.2) is 5.16 Å². The summed E-state index contributed by atoms with van der Waals surface area (Å²) in [5.74, 6) is 5.96. The fraction of sp³-hybridized carbons (Fsp3) is 0.741. The van der Waals surface area contributed by atoms with Crippen LogP contribution in [0.4, 0.5) is 5.69 Å². The molecule has 3 aliphatic carbocycles. The van der Waals surface area contributed by atoms with Gasteiger partial charge >= 0.3 is 0 Å². The predicted molar refractivity (Wildman–Crippen MR) is 127 cm³/mol. The van der Waals surface area contributed by atoms with Crippen LogP contribution < -0.4 is 0 Å². The molecule has 0 bridgehead atoms. The van der Waals surface area contributed by atoms with Gasteiger partial charge in [-0.2, -0.15) is 4.99 Å². The van der Waals surface area contributed by atoms with Crippen LogP contribution in [0.5, 0.6) is 0 Å². The van der Waals surface area contributed by atoms with E-state index in [1.807, 2.05) is 0 Å². The molecule has 3 fully saturated rings. The number of hydrogen-bond donors (Lipinski definition) is 0. The number of thiocarbonyl (C=S) groups is 1. The first-order chi connectivity index (χ1) is 14.3. The van der Waals surface area contributed by atoms with Gasteiger partial charge in [0.1, 0.15) is 0 Å². The summed E-state index contributed by atoms with van der Waals surface area (Å²) < 4.78 is 0. The Morgan fingerprint density at radius 3 is 1.62 bits per heavy atom. The lowest BCUT2D eigenvalue weighted by atomic mass is 9.64. The lowest BCUT2D eigenvalue weighted by Crippen LogP contribution is -2.29. The molecule has 1 aromatic carbocycles. The molecule has 0 atom stereocenters. The molecule has 29 heavy (non-hydrogen) atoms. The highest BCUT2D eigenvalue weighted by molar-refractivity contribution is 7.78. The highest BCUT2D eigenvalue weighted by Crippen LogP contribution is 2.47. The molecule has 2 heteroatoms. The molecule has 1 aromatic rings. The number of rotatable bonds is 5. The van der Waals surface area contributed by atoms with Gasteiger partial charge in [-0.25, -0.2) is 0 Å². The SMILES string of the molecule is CCC1CCC(C2CCC(C3CCC(c4ccc(N=C=S)cc4)CC3)CC2)CC1. The minimum atomic E-state index is 0.752. The minimum Gasteiger partial charge on any atom is -0.195 e. The van der Waals surface area contributed by atoms with Crippen molar-refractivity contribution in [2.45, 2.75) is 96.3 Å². The van der Waals surface area contributed by atoms with E-state index in [0.29, 0.717) is 0 Å². The van der Waals surface area contributed by atoms with E-state index in [9.17, 15) is 0 Å². The molecule has 0 aliphatic heterocycles. The molecule has 3 aliphatic rings. The van der Waals surface area contributed by atoms with Crippen LogP contribution >= 0.6 is 12.2 Å². The second kappa shape index (κ2) is 10.4. The van der Waals surface area contributed by atoms with E-state index in [-0.39, 0.29) is 0 Å². The van der Waals surface area contributed by atoms with Gasteiger partial charge in [0.15, 0.2) is 0 Å². The summed E-state index contributed by atoms with van der Waals surface area (Å²) in [5.41, 5.74) is 2.43. The van der Waals surface area contributed by atoms with Crippen molar-refractivity contribution < 1.29 is 0 Å². The van der Waals surface area contributed by atoms with E-state index in [1.165, 1.54) is 89.0 Å². The van der Waals surface area contributed by atoms with Crippen LogP contribution in [0.1, 0.15) is 102 Å². The summed E-state index contributed by atoms with van der Waals surface area (Å²) in [5, 5.41) is 2.46. The van der Waals surface area contributed by atoms with Gasteiger partial charge in [0.2, 0.25) is 0 Å². The molecule has 3 saturated carbocycles. The summed E-state index contributed by atoms with van der Waals surface area (Å²) in [4.78, 5) is 4.08. The fourth-order valence-corrected chi connectivity index (χ4v) is 7.06. The third-order valence-corrected chi connectivity index (χ3v) is 9.02. The second-order valence-electron chi connectivity index (χ2n) is 10.3. The molecule has 0 N–H and O–H groups in total. The van der Waals surface area contributed by atoms with Crippen molar-refractivity contribution in [1.29, 1.82) is 0 Å². The maximum absolute atomic E-state index is 4.70. The third-order valence-electron chi connectivity index (χ3n) is 8.93. The maximum Gasteiger partial charge on any atom is 0.0739 e. The van der Waals surface area contributed by atoms with Crippen molar-refractivity contribution in [3.8, 4) is 0 Å². The van der Waals surface area contributed by atoms with Gasteiger partial charge in [-0.05, 0) is 130 Å². The van der Waals surface area contributed by atoms with E-state index >= 15 is 0 Å². The zero-order chi connectivity index (χ0) is 20.1. The minimum absolute atomic E-state index is 0.752. The molecule has 0 saturated heterocycles. The van der Waals surface area contributed by atoms with Gasteiger partial charge in [-0.1, -0.05) is 38.3 Å². The highest BCUT2D eigenvalue weighted by Gasteiger charge is 2.34. The molecular formula is C27H39NS. The average molecular weight is 410 g/mol. The van der Waals surface area contributed by atoms with Crippen molar-refractivity contribution >= 4 is 23.1 Å². The van der Waals surface area contributed by atoms with Gasteiger partial charge in [0.25, 0.3) is 0 Å². The van der Waals surface area contributed by atoms with Crippen LogP contribution in [0.15, 0.2) is 29.3 Å². The molecule has 0 radical (unpaired) electrons. The van der Waals surface area contributed by atoms with Gasteiger partial charge in [-0.3, -0.25) is 0 Å². The average Bonchev–Trinajstić information content (AvgIpc) is 2.80. The number of aliphatic imine (C=N–C) groups is 1. The first kappa shape index (κ1) is 21.3. The van der Waals surface area contributed by atoms with Crippen LogP contribution in [-0.2, 0) is 0 Å². The quantitative estimate of drug-likeness (QED) is 0.350. The van der Waals surface area contributed by atoms with E-state index < -0.39 is 0 Å². The summed E-state index contributed by atoms with van der Waals surface area (Å²) in [6.07, 6.45) is 19.3. The fourth-order valence-electron chi connectivity index (χ4n) is 6.95. The highest BCUT2D eigenvalue weighted by atomic mass is 32.1. The second-order valence-corrected chi connectivity index (χ2v) is 10.5. The molecule has 0 spiro atoms. The Labute approximate surface area is 183 Å². The van der Waals surface area contributed by atoms with E-state index in [2.05, 4.69) is 41.3 Å². The summed E-state index contributed by atoms with van der Waals surface area (Å²) in [6.45, 7) is 2.38. The number of hydrogen-bond acceptors (Lipinski definition) is 2. The molecule has 0 aromatic heterocycles. The van der Waals surface area contributed by atoms with Crippen molar-refractivity contribution in [3.05, 3.63) is 29.8 Å². The summed E-state index contributed by atoms with van der Waals surface area (Å²) >= 11 is 4.70. The first-order valence-corrected chi connectivity index (χ1v) is 12.9. The molecule has 0 heterocycles. The van der Waals surface area contributed by atoms with Crippen LogP contribution in [0.25, 0.3) is 0 Å². The van der Waals surface area contributed by atoms with Gasteiger partial charge in [-0.15, -0.1) is 0 Å². The van der Waals surface area contributed by atoms with E-state index in [4.69, 9.17) is 12.2 Å². The standard InChI is InChI=1S/C27H39NS/c1-2-20-3-5-21(6-4-20)22-7-9-23(10-8-22)24-11-13-25(14-12-24)26-15-17-27(18-16-26)28-19-29/h15-18,20-25H,2-14H2,1H3. The van der Waals surface area contributed by atoms with E-state index in [1.54, 1.807) is 0 Å². The Bertz CT molecular complexity index is 665. The van der Waals surface area contributed by atoms with Crippen molar-refractivity contribution in [1.82, 2.24) is 0 Å². The summed E-state index contributed by atoms with van der Waals surface area (Å²) in [6, 6.07) is 8.70. The number of isothiocyanates is 1. The number of benzene rings is 1. The Morgan fingerprint density at radius 2 is 1.17 bits per heavy atom. The zero-order valence-corrected chi connectivity index (χ0v) is 19.1. The Hall–Kier alpha value is -0.980. The predicted octanol–water partition coefficient (Wildman–Crippen LogP) is 8.72. The number of nitrogens with zero attached hydrogens (tertiary/aromatic N) is 1. The molecular weight excluding hydrogens is 370 g/mol. The Morgan fingerprint density at radius 1 is 0.724 bits per heavy atom. The largest absolute Gasteiger partial charge is 0.195 e. The topological polar surface area (TPSA) is 12.4 Å². The Balaban J connectivity index is 1.21. The lowest BCUT2D eigenvalue weighted by molar-refractivity contribution is 0.109. The van der Waals surface area contributed by atoms with Gasteiger partial charge in [0.05, 0.1) is 10.8 Å². The van der Waals surface area contributed by atoms with Crippen LogP contribution in [0, 0.1) is 29.6 Å². The third kappa shape index (κ3) is 5.39. The van der Waals surface area contributed by atoms with Crippen LogP contribution in [0.3, 0.4) is 0 Å². The Kier molecular flexibility index (Phi) is 7.60.